The summed E-state index contributed by atoms with van der Waals surface area (Å²) in [5, 5.41) is 24.2. The van der Waals surface area contributed by atoms with Crippen molar-refractivity contribution in [1.29, 1.82) is 5.26 Å². The molecule has 0 atom stereocenters. The molecule has 188 valence electrons. The molecule has 8 nitrogen and oxygen atoms in total. The first-order valence-corrected chi connectivity index (χ1v) is 12.8. The van der Waals surface area contributed by atoms with Crippen molar-refractivity contribution in [2.24, 2.45) is 0 Å². The maximum absolute atomic E-state index is 13.7. The number of carbonyl (C=O) groups is 2. The van der Waals surface area contributed by atoms with Gasteiger partial charge in [-0.3, -0.25) is 9.59 Å². The average Bonchev–Trinajstić information content (AvgIpc) is 3.49. The number of hydrogen-bond acceptors (Lipinski definition) is 6. The van der Waals surface area contributed by atoms with Crippen LogP contribution in [0.5, 0.6) is 0 Å². The van der Waals surface area contributed by atoms with Gasteiger partial charge >= 0.3 is 0 Å². The predicted octanol–water partition coefficient (Wildman–Crippen LogP) is 5.53. The van der Waals surface area contributed by atoms with E-state index in [0.717, 1.165) is 5.56 Å². The van der Waals surface area contributed by atoms with E-state index < -0.39 is 17.4 Å². The van der Waals surface area contributed by atoms with Gasteiger partial charge in [0.05, 0.1) is 33.6 Å². The molecule has 10 heteroatoms. The minimum absolute atomic E-state index is 0.195. The topological polar surface area (TPSA) is 113 Å². The maximum atomic E-state index is 13.7. The van der Waals surface area contributed by atoms with Gasteiger partial charge in [0.2, 0.25) is 0 Å². The smallest absolute Gasteiger partial charge is 0.274 e. The van der Waals surface area contributed by atoms with E-state index in [-0.39, 0.29) is 11.3 Å². The van der Waals surface area contributed by atoms with Crippen LogP contribution in [0, 0.1) is 18.3 Å². The lowest BCUT2D eigenvalue weighted by Gasteiger charge is -2.22. The number of aryl methyl sites for hydroxylation is 1. The number of halogens is 1. The number of amides is 2. The molecule has 37 heavy (non-hydrogen) atoms. The molecule has 4 rings (SSSR count). The highest BCUT2D eigenvalue weighted by Crippen LogP contribution is 2.26. The van der Waals surface area contributed by atoms with Gasteiger partial charge in [0.1, 0.15) is 5.69 Å². The fourth-order valence-electron chi connectivity index (χ4n) is 3.76. The molecule has 3 heterocycles. The monoisotopic (exact) mass is 532 g/mol. The summed E-state index contributed by atoms with van der Waals surface area (Å²) in [5.74, 6) is -0.584. The molecule has 0 aliphatic rings. The van der Waals surface area contributed by atoms with Gasteiger partial charge in [-0.2, -0.15) is 21.7 Å². The van der Waals surface area contributed by atoms with Gasteiger partial charge in [-0.05, 0) is 86.0 Å². The Morgan fingerprint density at radius 3 is 2.62 bits per heavy atom. The van der Waals surface area contributed by atoms with E-state index in [1.54, 1.807) is 48.7 Å². The summed E-state index contributed by atoms with van der Waals surface area (Å²) in [7, 11) is 0. The summed E-state index contributed by atoms with van der Waals surface area (Å²) in [6, 6.07) is 12.2. The quantitative estimate of drug-likeness (QED) is 0.339. The third kappa shape index (κ3) is 6.05. The molecule has 0 saturated carbocycles. The van der Waals surface area contributed by atoms with Crippen LogP contribution in [0.1, 0.15) is 64.0 Å². The Bertz CT molecular complexity index is 1510. The van der Waals surface area contributed by atoms with Gasteiger partial charge in [-0.1, -0.05) is 11.6 Å². The summed E-state index contributed by atoms with van der Waals surface area (Å²) in [6.07, 6.45) is 2.10. The number of pyridine rings is 1. The van der Waals surface area contributed by atoms with E-state index in [9.17, 15) is 14.9 Å². The molecule has 3 aromatic heterocycles. The van der Waals surface area contributed by atoms with Crippen molar-refractivity contribution in [3.63, 3.8) is 0 Å². The lowest BCUT2D eigenvalue weighted by molar-refractivity contribution is 0.0920. The van der Waals surface area contributed by atoms with E-state index in [4.69, 9.17) is 11.6 Å². The van der Waals surface area contributed by atoms with Crippen LogP contribution < -0.4 is 10.6 Å². The Kier molecular flexibility index (Phi) is 7.43. The zero-order valence-corrected chi connectivity index (χ0v) is 22.4. The second-order valence-corrected chi connectivity index (χ2v) is 10.7. The number of carbonyl (C=O) groups excluding carboxylic acids is 2. The van der Waals surface area contributed by atoms with Crippen LogP contribution in [0.25, 0.3) is 5.82 Å². The fourth-order valence-corrected chi connectivity index (χ4v) is 4.63. The normalized spacial score (nSPS) is 11.1. The van der Waals surface area contributed by atoms with Gasteiger partial charge in [-0.25, -0.2) is 9.67 Å². The van der Waals surface area contributed by atoms with E-state index in [1.165, 1.54) is 10.7 Å². The summed E-state index contributed by atoms with van der Waals surface area (Å²) in [5.41, 5.74) is 2.82. The molecular formula is C27H25ClN6O2S. The van der Waals surface area contributed by atoms with Crippen molar-refractivity contribution < 1.29 is 9.59 Å². The Labute approximate surface area is 223 Å². The van der Waals surface area contributed by atoms with Gasteiger partial charge in [0.15, 0.2) is 5.82 Å². The predicted molar refractivity (Wildman–Crippen MR) is 145 cm³/mol. The van der Waals surface area contributed by atoms with Crippen LogP contribution in [0.3, 0.4) is 0 Å². The van der Waals surface area contributed by atoms with Crippen molar-refractivity contribution in [1.82, 2.24) is 20.1 Å². The Morgan fingerprint density at radius 1 is 1.19 bits per heavy atom. The minimum atomic E-state index is -0.514. The highest BCUT2D eigenvalue weighted by atomic mass is 35.5. The van der Waals surface area contributed by atoms with Crippen LogP contribution >= 0.6 is 22.9 Å². The van der Waals surface area contributed by atoms with E-state index in [0.29, 0.717) is 39.8 Å². The SMILES string of the molecule is Cc1cc(C#N)cc(C(=O)NC(C)(C)C)c1NC(=O)c1cc(Cc2ccsc2)nn1-c1ncccc1Cl. The van der Waals surface area contributed by atoms with Crippen molar-refractivity contribution in [3.8, 4) is 11.9 Å². The summed E-state index contributed by atoms with van der Waals surface area (Å²) >= 11 is 7.98. The number of benzene rings is 1. The molecule has 0 aliphatic heterocycles. The molecule has 1 aromatic carbocycles. The lowest BCUT2D eigenvalue weighted by Crippen LogP contribution is -2.41. The van der Waals surface area contributed by atoms with E-state index >= 15 is 0 Å². The van der Waals surface area contributed by atoms with Crippen LogP contribution in [0.4, 0.5) is 5.69 Å². The maximum Gasteiger partial charge on any atom is 0.274 e. The standard InChI is InChI=1S/C27H25ClN6O2S/c1-16-10-18(14-29)12-20(25(35)32-27(2,3)4)23(16)31-26(36)22-13-19(11-17-7-9-37-15-17)33-34(22)24-21(28)6-5-8-30-24/h5-10,12-13,15H,11H2,1-4H3,(H,31,36)(H,32,35). The highest BCUT2D eigenvalue weighted by Gasteiger charge is 2.24. The number of aromatic nitrogens is 3. The first-order chi connectivity index (χ1) is 17.6. The molecule has 2 N–H and O–H groups in total. The zero-order chi connectivity index (χ0) is 26.7. The summed E-state index contributed by atoms with van der Waals surface area (Å²) < 4.78 is 1.41. The third-order valence-corrected chi connectivity index (χ3v) is 6.36. The van der Waals surface area contributed by atoms with Crippen LogP contribution in [0.15, 0.2) is 53.4 Å². The van der Waals surface area contributed by atoms with Crippen molar-refractivity contribution in [3.05, 3.63) is 92.0 Å². The van der Waals surface area contributed by atoms with E-state index in [1.807, 2.05) is 37.6 Å². The summed E-state index contributed by atoms with van der Waals surface area (Å²) in [4.78, 5) is 31.1. The average molecular weight is 533 g/mol. The van der Waals surface area contributed by atoms with Gasteiger partial charge in [-0.15, -0.1) is 0 Å². The molecule has 0 radical (unpaired) electrons. The van der Waals surface area contributed by atoms with Crippen molar-refractivity contribution in [2.45, 2.75) is 39.7 Å². The van der Waals surface area contributed by atoms with Crippen LogP contribution in [-0.4, -0.2) is 32.1 Å². The number of hydrogen-bond donors (Lipinski definition) is 2. The fraction of sp³-hybridized carbons (Fsp3) is 0.222. The van der Waals surface area contributed by atoms with Crippen LogP contribution in [-0.2, 0) is 6.42 Å². The number of nitriles is 1. The Morgan fingerprint density at radius 2 is 1.97 bits per heavy atom. The van der Waals surface area contributed by atoms with Gasteiger partial charge in [0, 0.05) is 18.2 Å². The number of nitrogens with zero attached hydrogens (tertiary/aromatic N) is 4. The highest BCUT2D eigenvalue weighted by molar-refractivity contribution is 7.07. The first-order valence-electron chi connectivity index (χ1n) is 11.5. The minimum Gasteiger partial charge on any atom is -0.347 e. The Balaban J connectivity index is 1.77. The third-order valence-electron chi connectivity index (χ3n) is 5.33. The molecule has 2 amide bonds. The zero-order valence-electron chi connectivity index (χ0n) is 20.8. The van der Waals surface area contributed by atoms with Gasteiger partial charge < -0.3 is 10.6 Å². The van der Waals surface area contributed by atoms with E-state index in [2.05, 4.69) is 26.8 Å². The molecule has 0 bridgehead atoms. The second-order valence-electron chi connectivity index (χ2n) is 9.54. The molecule has 0 spiro atoms. The number of anilines is 1. The van der Waals surface area contributed by atoms with Crippen LogP contribution in [0.2, 0.25) is 5.02 Å². The molecular weight excluding hydrogens is 508 g/mol. The molecule has 0 aliphatic carbocycles. The van der Waals surface area contributed by atoms with Gasteiger partial charge in [0.25, 0.3) is 11.8 Å². The van der Waals surface area contributed by atoms with Crippen molar-refractivity contribution >= 4 is 40.4 Å². The lowest BCUT2D eigenvalue weighted by atomic mass is 10.0. The molecule has 4 aromatic rings. The number of nitrogens with one attached hydrogen (secondary N) is 2. The number of thiophene rings is 1. The molecule has 0 fully saturated rings. The van der Waals surface area contributed by atoms with Crippen molar-refractivity contribution in [2.75, 3.05) is 5.32 Å². The summed E-state index contributed by atoms with van der Waals surface area (Å²) in [6.45, 7) is 7.30. The molecule has 0 saturated heterocycles. The second kappa shape index (κ2) is 10.5. The Hall–Kier alpha value is -4.00. The first kappa shape index (κ1) is 26.1. The molecule has 0 unspecified atom stereocenters. The largest absolute Gasteiger partial charge is 0.347 e. The number of rotatable bonds is 6.